The first kappa shape index (κ1) is 20.2. The number of tetrazole rings is 1. The molecule has 0 radical (unpaired) electrons. The molecule has 1 heterocycles. The summed E-state index contributed by atoms with van der Waals surface area (Å²) in [5.41, 5.74) is 2.71. The van der Waals surface area contributed by atoms with Gasteiger partial charge in [0.05, 0.1) is 0 Å². The van der Waals surface area contributed by atoms with E-state index in [-0.39, 0.29) is 11.6 Å². The molecule has 1 aromatic heterocycles. The van der Waals surface area contributed by atoms with Crippen molar-refractivity contribution in [2.45, 2.75) is 20.0 Å². The lowest BCUT2D eigenvalue weighted by atomic mass is 10.1. The number of hydrogen-bond donors (Lipinski definition) is 1. The molecule has 1 atom stereocenters. The largest absolute Gasteiger partial charge is 0.481 e. The van der Waals surface area contributed by atoms with Gasteiger partial charge in [-0.3, -0.25) is 4.79 Å². The molecule has 0 saturated heterocycles. The smallest absolute Gasteiger partial charge is 0.265 e. The monoisotopic (exact) mass is 417 g/mol. The van der Waals surface area contributed by atoms with E-state index in [2.05, 4.69) is 20.8 Å². The Morgan fingerprint density at radius 2 is 1.74 bits per heavy atom. The molecule has 0 bridgehead atoms. The minimum Gasteiger partial charge on any atom is -0.481 e. The van der Waals surface area contributed by atoms with E-state index in [1.807, 2.05) is 54.6 Å². The lowest BCUT2D eigenvalue weighted by Crippen LogP contribution is -2.30. The molecule has 3 aromatic carbocycles. The first-order chi connectivity index (χ1) is 15.0. The minimum absolute atomic E-state index is 0.144. The van der Waals surface area contributed by atoms with Gasteiger partial charge in [0, 0.05) is 5.69 Å². The van der Waals surface area contributed by atoms with Gasteiger partial charge in [0.25, 0.3) is 5.91 Å². The summed E-state index contributed by atoms with van der Waals surface area (Å²) in [7, 11) is 0. The summed E-state index contributed by atoms with van der Waals surface area (Å²) in [6, 6.07) is 21.7. The molecule has 0 saturated carbocycles. The Hall–Kier alpha value is -4.07. The van der Waals surface area contributed by atoms with Gasteiger partial charge >= 0.3 is 0 Å². The van der Waals surface area contributed by atoms with Gasteiger partial charge in [0.15, 0.2) is 11.9 Å². The van der Waals surface area contributed by atoms with Crippen LogP contribution in [0.4, 0.5) is 10.1 Å². The fourth-order valence-electron chi connectivity index (χ4n) is 3.07. The van der Waals surface area contributed by atoms with Crippen molar-refractivity contribution in [3.63, 3.8) is 0 Å². The maximum Gasteiger partial charge on any atom is 0.265 e. The van der Waals surface area contributed by atoms with Crippen LogP contribution in [0.2, 0.25) is 0 Å². The standard InChI is InChI=1S/C23H20FN5O2/c1-15(31-20-11-8-18(9-12-20)17-6-4-3-5-7-17)23(30)25-19-10-13-21(24)22(14-19)29-16(2)26-27-28-29/h3-15H,1-2H3,(H,25,30). The zero-order chi connectivity index (χ0) is 21.8. The van der Waals surface area contributed by atoms with Crippen LogP contribution in [-0.2, 0) is 4.79 Å². The second-order valence-electron chi connectivity index (χ2n) is 6.94. The molecular formula is C23H20FN5O2. The number of nitrogens with zero attached hydrogens (tertiary/aromatic N) is 4. The van der Waals surface area contributed by atoms with Gasteiger partial charge in [-0.1, -0.05) is 42.5 Å². The van der Waals surface area contributed by atoms with Crippen molar-refractivity contribution in [1.82, 2.24) is 20.2 Å². The molecule has 0 aliphatic carbocycles. The highest BCUT2D eigenvalue weighted by Gasteiger charge is 2.17. The summed E-state index contributed by atoms with van der Waals surface area (Å²) in [5.74, 6) is 0.138. The summed E-state index contributed by atoms with van der Waals surface area (Å²) in [4.78, 5) is 12.6. The van der Waals surface area contributed by atoms with E-state index in [0.717, 1.165) is 11.1 Å². The summed E-state index contributed by atoms with van der Waals surface area (Å²) >= 11 is 0. The van der Waals surface area contributed by atoms with Crippen molar-refractivity contribution < 1.29 is 13.9 Å². The topological polar surface area (TPSA) is 81.9 Å². The Morgan fingerprint density at radius 1 is 1.03 bits per heavy atom. The molecule has 8 heteroatoms. The third-order valence-electron chi connectivity index (χ3n) is 4.71. The maximum absolute atomic E-state index is 14.2. The van der Waals surface area contributed by atoms with Gasteiger partial charge in [-0.15, -0.1) is 5.10 Å². The number of benzene rings is 3. The van der Waals surface area contributed by atoms with Gasteiger partial charge < -0.3 is 10.1 Å². The lowest BCUT2D eigenvalue weighted by molar-refractivity contribution is -0.122. The quantitative estimate of drug-likeness (QED) is 0.509. The Kier molecular flexibility index (Phi) is 5.70. The summed E-state index contributed by atoms with van der Waals surface area (Å²) in [6.07, 6.45) is -0.758. The maximum atomic E-state index is 14.2. The number of carbonyl (C=O) groups excluding carboxylic acids is 1. The van der Waals surface area contributed by atoms with E-state index in [0.29, 0.717) is 17.3 Å². The molecule has 0 aliphatic heterocycles. The Balaban J connectivity index is 1.43. The molecule has 7 nitrogen and oxygen atoms in total. The molecule has 156 valence electrons. The molecule has 1 unspecified atom stereocenters. The molecule has 1 N–H and O–H groups in total. The van der Waals surface area contributed by atoms with Gasteiger partial charge in [0.1, 0.15) is 17.3 Å². The zero-order valence-electron chi connectivity index (χ0n) is 17.0. The number of ether oxygens (including phenoxy) is 1. The summed E-state index contributed by atoms with van der Waals surface area (Å²) < 4.78 is 21.2. The SMILES string of the molecule is Cc1nnnn1-c1cc(NC(=O)C(C)Oc2ccc(-c3ccccc3)cc2)ccc1F. The predicted octanol–water partition coefficient (Wildman–Crippen LogP) is 4.18. The van der Waals surface area contributed by atoms with E-state index in [1.165, 1.54) is 22.9 Å². The molecule has 1 amide bonds. The van der Waals surface area contributed by atoms with Crippen LogP contribution in [0.25, 0.3) is 16.8 Å². The third-order valence-corrected chi connectivity index (χ3v) is 4.71. The fraction of sp³-hybridized carbons (Fsp3) is 0.130. The Labute approximate surface area is 178 Å². The highest BCUT2D eigenvalue weighted by atomic mass is 19.1. The van der Waals surface area contributed by atoms with Crippen molar-refractivity contribution in [3.8, 4) is 22.6 Å². The van der Waals surface area contributed by atoms with Crippen molar-refractivity contribution in [2.75, 3.05) is 5.32 Å². The van der Waals surface area contributed by atoms with Crippen LogP contribution < -0.4 is 10.1 Å². The number of nitrogens with one attached hydrogen (secondary N) is 1. The minimum atomic E-state index is -0.758. The fourth-order valence-corrected chi connectivity index (χ4v) is 3.07. The van der Waals surface area contributed by atoms with E-state index < -0.39 is 11.9 Å². The van der Waals surface area contributed by atoms with E-state index in [1.54, 1.807) is 13.8 Å². The average molecular weight is 417 g/mol. The number of anilines is 1. The number of amides is 1. The van der Waals surface area contributed by atoms with Gasteiger partial charge in [-0.25, -0.2) is 4.39 Å². The van der Waals surface area contributed by atoms with Crippen LogP contribution in [0.3, 0.4) is 0 Å². The first-order valence-corrected chi connectivity index (χ1v) is 9.69. The Bertz CT molecular complexity index is 1190. The third kappa shape index (κ3) is 4.58. The summed E-state index contributed by atoms with van der Waals surface area (Å²) in [6.45, 7) is 3.31. The van der Waals surface area contributed by atoms with Crippen LogP contribution in [0.15, 0.2) is 72.8 Å². The predicted molar refractivity (Wildman–Crippen MR) is 114 cm³/mol. The van der Waals surface area contributed by atoms with E-state index in [4.69, 9.17) is 4.74 Å². The van der Waals surface area contributed by atoms with Gasteiger partial charge in [0.2, 0.25) is 0 Å². The van der Waals surface area contributed by atoms with Crippen LogP contribution in [0.1, 0.15) is 12.7 Å². The van der Waals surface area contributed by atoms with Gasteiger partial charge in [-0.05, 0) is 65.7 Å². The number of carbonyl (C=O) groups is 1. The van der Waals surface area contributed by atoms with Crippen molar-refractivity contribution in [3.05, 3.63) is 84.4 Å². The molecule has 4 rings (SSSR count). The van der Waals surface area contributed by atoms with Crippen LogP contribution in [0, 0.1) is 12.7 Å². The van der Waals surface area contributed by atoms with Crippen LogP contribution in [-0.4, -0.2) is 32.2 Å². The zero-order valence-corrected chi connectivity index (χ0v) is 17.0. The van der Waals surface area contributed by atoms with Gasteiger partial charge in [-0.2, -0.15) is 4.68 Å². The molecule has 0 spiro atoms. The van der Waals surface area contributed by atoms with Crippen LogP contribution >= 0.6 is 0 Å². The number of aryl methyl sites for hydroxylation is 1. The van der Waals surface area contributed by atoms with Crippen molar-refractivity contribution in [2.24, 2.45) is 0 Å². The number of rotatable bonds is 6. The molecular weight excluding hydrogens is 397 g/mol. The highest BCUT2D eigenvalue weighted by Crippen LogP contribution is 2.23. The average Bonchev–Trinajstić information content (AvgIpc) is 3.21. The number of aromatic nitrogens is 4. The highest BCUT2D eigenvalue weighted by molar-refractivity contribution is 5.94. The number of hydrogen-bond acceptors (Lipinski definition) is 5. The van der Waals surface area contributed by atoms with Crippen molar-refractivity contribution in [1.29, 1.82) is 0 Å². The second-order valence-corrected chi connectivity index (χ2v) is 6.94. The first-order valence-electron chi connectivity index (χ1n) is 9.69. The molecule has 4 aromatic rings. The summed E-state index contributed by atoms with van der Waals surface area (Å²) in [5, 5.41) is 13.8. The molecule has 0 fully saturated rings. The molecule has 31 heavy (non-hydrogen) atoms. The normalized spacial score (nSPS) is 11.7. The molecule has 0 aliphatic rings. The lowest BCUT2D eigenvalue weighted by Gasteiger charge is -2.16. The van der Waals surface area contributed by atoms with E-state index in [9.17, 15) is 9.18 Å². The Morgan fingerprint density at radius 3 is 2.42 bits per heavy atom. The van der Waals surface area contributed by atoms with Crippen molar-refractivity contribution >= 4 is 11.6 Å². The van der Waals surface area contributed by atoms with E-state index >= 15 is 0 Å². The number of halogens is 1. The van der Waals surface area contributed by atoms with Crippen LogP contribution in [0.5, 0.6) is 5.75 Å². The second kappa shape index (κ2) is 8.74.